The number of nitrogen functional groups attached to an aromatic ring is 1. The van der Waals surface area contributed by atoms with E-state index in [1.807, 2.05) is 54.6 Å². The highest BCUT2D eigenvalue weighted by atomic mass is 35.5. The van der Waals surface area contributed by atoms with Crippen molar-refractivity contribution in [2.45, 2.75) is 25.2 Å². The van der Waals surface area contributed by atoms with Crippen molar-refractivity contribution in [3.8, 4) is 16.9 Å². The smallest absolute Gasteiger partial charge is 0.475 e. The van der Waals surface area contributed by atoms with E-state index in [9.17, 15) is 18.0 Å². The third-order valence-corrected chi connectivity index (χ3v) is 7.36. The van der Waals surface area contributed by atoms with E-state index in [1.54, 1.807) is 23.1 Å². The second kappa shape index (κ2) is 14.4. The molecule has 3 aromatic heterocycles. The number of hydrogen-bond acceptors (Lipinski definition) is 7. The van der Waals surface area contributed by atoms with Gasteiger partial charge in [-0.15, -0.1) is 0 Å². The predicted molar refractivity (Wildman–Crippen MR) is 171 cm³/mol. The molecule has 2 amide bonds. The third kappa shape index (κ3) is 8.21. The fourth-order valence-corrected chi connectivity index (χ4v) is 5.06. The topological polar surface area (TPSA) is 193 Å². The number of hydrogen-bond donors (Lipinski definition) is 6. The Bertz CT molecular complexity index is 2030. The lowest BCUT2D eigenvalue weighted by atomic mass is 10.1. The zero-order valence-corrected chi connectivity index (χ0v) is 26.0. The van der Waals surface area contributed by atoms with Crippen LogP contribution in [0.2, 0.25) is 10.2 Å². The lowest BCUT2D eigenvalue weighted by Crippen LogP contribution is -2.39. The van der Waals surface area contributed by atoms with E-state index >= 15 is 0 Å². The molecular formula is C30H25Cl2F3N10O3. The fourth-order valence-electron chi connectivity index (χ4n) is 4.62. The number of aliphatic carboxylic acids is 1. The van der Waals surface area contributed by atoms with Crippen LogP contribution in [0.25, 0.3) is 27.8 Å². The van der Waals surface area contributed by atoms with Crippen molar-refractivity contribution in [1.82, 2.24) is 45.6 Å². The van der Waals surface area contributed by atoms with Gasteiger partial charge in [0.15, 0.2) is 5.82 Å². The minimum atomic E-state index is -5.08. The Balaban J connectivity index is 0.000000582. The molecule has 18 heteroatoms. The molecule has 48 heavy (non-hydrogen) atoms. The van der Waals surface area contributed by atoms with Gasteiger partial charge in [0.2, 0.25) is 0 Å². The molecular weight excluding hydrogens is 676 g/mol. The van der Waals surface area contributed by atoms with Crippen molar-refractivity contribution in [2.24, 2.45) is 0 Å². The van der Waals surface area contributed by atoms with E-state index in [2.05, 4.69) is 35.9 Å². The van der Waals surface area contributed by atoms with Crippen molar-refractivity contribution in [1.29, 1.82) is 0 Å². The molecule has 6 aromatic rings. The summed E-state index contributed by atoms with van der Waals surface area (Å²) < 4.78 is 33.4. The number of nitrogens with zero attached hydrogens (tertiary/aromatic N) is 5. The van der Waals surface area contributed by atoms with Crippen LogP contribution in [-0.4, -0.2) is 58.2 Å². The molecule has 6 rings (SSSR count). The Morgan fingerprint density at radius 1 is 1.06 bits per heavy atom. The van der Waals surface area contributed by atoms with Gasteiger partial charge in [0.25, 0.3) is 0 Å². The lowest BCUT2D eigenvalue weighted by molar-refractivity contribution is -0.192. The predicted octanol–water partition coefficient (Wildman–Crippen LogP) is 5.84. The van der Waals surface area contributed by atoms with Crippen LogP contribution in [0.1, 0.15) is 23.0 Å². The molecule has 3 aromatic carbocycles. The van der Waals surface area contributed by atoms with Crippen molar-refractivity contribution < 1.29 is 27.9 Å². The SMILES string of the molecule is Nc1n[nH]c2cc(-c3nc([C@H](Cc4ccccc4)NC(=O)NCc4cc(Cl)ccc4-n4cncn4)[nH]c3Cl)ccc12.O=C(O)C(F)(F)F. The minimum Gasteiger partial charge on any atom is -0.475 e. The number of rotatable bonds is 8. The van der Waals surface area contributed by atoms with E-state index in [-0.39, 0.29) is 12.6 Å². The largest absolute Gasteiger partial charge is 0.490 e. The number of carboxylic acids is 1. The number of carbonyl (C=O) groups excluding carboxylic acids is 1. The lowest BCUT2D eigenvalue weighted by Gasteiger charge is -2.18. The van der Waals surface area contributed by atoms with Crippen LogP contribution in [-0.2, 0) is 17.8 Å². The first-order valence-electron chi connectivity index (χ1n) is 13.9. The maximum Gasteiger partial charge on any atom is 0.490 e. The highest BCUT2D eigenvalue weighted by molar-refractivity contribution is 6.32. The summed E-state index contributed by atoms with van der Waals surface area (Å²) in [6.45, 7) is 0.205. The molecule has 0 saturated carbocycles. The van der Waals surface area contributed by atoms with Gasteiger partial charge >= 0.3 is 18.2 Å². The number of anilines is 1. The van der Waals surface area contributed by atoms with Crippen molar-refractivity contribution in [2.75, 3.05) is 5.73 Å². The quantitative estimate of drug-likeness (QED) is 0.114. The number of alkyl halides is 3. The highest BCUT2D eigenvalue weighted by Gasteiger charge is 2.38. The van der Waals surface area contributed by atoms with E-state index in [0.717, 1.165) is 33.3 Å². The molecule has 0 aliphatic rings. The molecule has 248 valence electrons. The van der Waals surface area contributed by atoms with Crippen LogP contribution in [0, 0.1) is 0 Å². The average Bonchev–Trinajstić information content (AvgIpc) is 3.81. The minimum absolute atomic E-state index is 0.205. The summed E-state index contributed by atoms with van der Waals surface area (Å²) in [5.41, 5.74) is 10.6. The number of halogens is 5. The van der Waals surface area contributed by atoms with Crippen molar-refractivity contribution in [3.05, 3.63) is 107 Å². The maximum atomic E-state index is 13.2. The van der Waals surface area contributed by atoms with Gasteiger partial charge in [0.05, 0.1) is 17.2 Å². The van der Waals surface area contributed by atoms with Gasteiger partial charge in [-0.1, -0.05) is 59.6 Å². The molecule has 7 N–H and O–H groups in total. The van der Waals surface area contributed by atoms with Gasteiger partial charge in [-0.25, -0.2) is 24.2 Å². The van der Waals surface area contributed by atoms with Gasteiger partial charge in [-0.2, -0.15) is 23.4 Å². The first-order chi connectivity index (χ1) is 22.9. The number of urea groups is 1. The molecule has 0 saturated heterocycles. The second-order valence-corrected chi connectivity index (χ2v) is 11.0. The zero-order valence-electron chi connectivity index (χ0n) is 24.5. The van der Waals surface area contributed by atoms with E-state index in [1.165, 1.54) is 6.33 Å². The van der Waals surface area contributed by atoms with Gasteiger partial charge in [-0.3, -0.25) is 5.10 Å². The van der Waals surface area contributed by atoms with Crippen LogP contribution >= 0.6 is 23.2 Å². The molecule has 0 fully saturated rings. The van der Waals surface area contributed by atoms with Crippen LogP contribution < -0.4 is 16.4 Å². The summed E-state index contributed by atoms with van der Waals surface area (Å²) in [7, 11) is 0. The number of carboxylic acid groups (broad SMARTS) is 1. The number of imidazole rings is 1. The summed E-state index contributed by atoms with van der Waals surface area (Å²) in [4.78, 5) is 34.0. The molecule has 0 spiro atoms. The molecule has 0 aliphatic carbocycles. The van der Waals surface area contributed by atoms with E-state index in [0.29, 0.717) is 33.9 Å². The number of carbonyl (C=O) groups is 2. The number of benzene rings is 3. The van der Waals surface area contributed by atoms with Gasteiger partial charge in [-0.05, 0) is 47.9 Å². The molecule has 13 nitrogen and oxygen atoms in total. The third-order valence-electron chi connectivity index (χ3n) is 6.85. The number of H-pyrrole nitrogens is 2. The number of nitrogens with two attached hydrogens (primary N) is 1. The monoisotopic (exact) mass is 700 g/mol. The Morgan fingerprint density at radius 3 is 2.50 bits per heavy atom. The highest BCUT2D eigenvalue weighted by Crippen LogP contribution is 2.31. The fraction of sp³-hybridized carbons (Fsp3) is 0.133. The number of amides is 2. The normalized spacial score (nSPS) is 11.9. The number of aromatic nitrogens is 7. The summed E-state index contributed by atoms with van der Waals surface area (Å²) >= 11 is 12.9. The molecule has 0 radical (unpaired) electrons. The van der Waals surface area contributed by atoms with Crippen LogP contribution in [0.15, 0.2) is 79.4 Å². The molecule has 3 heterocycles. The number of nitrogens with one attached hydrogen (secondary N) is 4. The number of fused-ring (bicyclic) bond motifs is 1. The van der Waals surface area contributed by atoms with E-state index < -0.39 is 18.2 Å². The summed E-state index contributed by atoms with van der Waals surface area (Å²) in [5, 5.41) is 25.9. The van der Waals surface area contributed by atoms with Gasteiger partial charge < -0.3 is 26.5 Å². The Labute approximate surface area is 279 Å². The van der Waals surface area contributed by atoms with Crippen molar-refractivity contribution >= 4 is 51.9 Å². The maximum absolute atomic E-state index is 13.2. The Morgan fingerprint density at radius 2 is 1.81 bits per heavy atom. The van der Waals surface area contributed by atoms with Crippen LogP contribution in [0.5, 0.6) is 0 Å². The standard InChI is InChI=1S/C28H24Cl2N10O.C2HF3O2/c29-19-7-9-23(40-15-32-14-34-40)18(11-19)13-33-28(41)35-22(10-16-4-2-1-3-5-16)27-36-24(25(30)37-27)17-6-8-20-21(12-17)38-39-26(20)31;3-2(4,5)1(6)7/h1-9,11-12,14-15,22H,10,13H2,(H,36,37)(H3,31,38,39)(H2,33,35,41);(H,6,7)/t22-;/m0./s1. The average molecular weight is 701 g/mol. The summed E-state index contributed by atoms with van der Waals surface area (Å²) in [6, 6.07) is 19.9. The first-order valence-corrected chi connectivity index (χ1v) is 14.7. The number of aromatic amines is 2. The second-order valence-electron chi connectivity index (χ2n) is 10.1. The molecule has 0 unspecified atom stereocenters. The van der Waals surface area contributed by atoms with Gasteiger partial charge in [0.1, 0.15) is 29.3 Å². The van der Waals surface area contributed by atoms with Crippen LogP contribution in [0.4, 0.5) is 23.8 Å². The molecule has 0 bridgehead atoms. The van der Waals surface area contributed by atoms with Crippen LogP contribution in [0.3, 0.4) is 0 Å². The summed E-state index contributed by atoms with van der Waals surface area (Å²) in [6.07, 6.45) is -1.58. The van der Waals surface area contributed by atoms with Crippen molar-refractivity contribution in [3.63, 3.8) is 0 Å². The van der Waals surface area contributed by atoms with Gasteiger partial charge in [0, 0.05) is 22.5 Å². The Hall–Kier alpha value is -5.61. The summed E-state index contributed by atoms with van der Waals surface area (Å²) in [5.74, 6) is -1.82. The molecule has 1 atom stereocenters. The Kier molecular flexibility index (Phi) is 10.1. The first kappa shape index (κ1) is 33.7. The molecule has 0 aliphatic heterocycles. The zero-order chi connectivity index (χ0) is 34.4. The van der Waals surface area contributed by atoms with E-state index in [4.69, 9.17) is 43.8 Å².